The van der Waals surface area contributed by atoms with Gasteiger partial charge in [0.2, 0.25) is 5.91 Å². The van der Waals surface area contributed by atoms with Crippen molar-refractivity contribution in [2.24, 2.45) is 0 Å². The van der Waals surface area contributed by atoms with E-state index in [1.165, 1.54) is 0 Å². The molecule has 1 aliphatic heterocycles. The summed E-state index contributed by atoms with van der Waals surface area (Å²) < 4.78 is 5.46. The maximum absolute atomic E-state index is 12.4. The van der Waals surface area contributed by atoms with Gasteiger partial charge in [0, 0.05) is 16.4 Å². The van der Waals surface area contributed by atoms with E-state index in [0.717, 1.165) is 11.3 Å². The Labute approximate surface area is 184 Å². The fourth-order valence-corrected chi connectivity index (χ4v) is 4.45. The second-order valence-corrected chi connectivity index (χ2v) is 8.18. The third kappa shape index (κ3) is 4.78. The smallest absolute Gasteiger partial charge is 0.262 e. The van der Waals surface area contributed by atoms with Crippen molar-refractivity contribution in [2.45, 2.75) is 5.37 Å². The van der Waals surface area contributed by atoms with Crippen molar-refractivity contribution < 1.29 is 14.3 Å². The molecular weight excluding hydrogens is 420 g/mol. The highest BCUT2D eigenvalue weighted by molar-refractivity contribution is 8.00. The summed E-state index contributed by atoms with van der Waals surface area (Å²) in [6.07, 6.45) is 0. The first-order chi connectivity index (χ1) is 14.6. The zero-order valence-electron chi connectivity index (χ0n) is 16.0. The van der Waals surface area contributed by atoms with E-state index in [1.807, 2.05) is 59.5 Å². The van der Waals surface area contributed by atoms with Crippen LogP contribution in [0.1, 0.15) is 10.9 Å². The van der Waals surface area contributed by atoms with Crippen LogP contribution in [0.3, 0.4) is 0 Å². The van der Waals surface area contributed by atoms with Crippen LogP contribution in [0.4, 0.5) is 11.4 Å². The number of rotatable bonds is 6. The molecule has 1 saturated heterocycles. The Balaban J connectivity index is 1.38. The van der Waals surface area contributed by atoms with Gasteiger partial charge in [-0.05, 0) is 54.1 Å². The van der Waals surface area contributed by atoms with Gasteiger partial charge in [0.15, 0.2) is 6.61 Å². The van der Waals surface area contributed by atoms with Crippen molar-refractivity contribution >= 4 is 46.6 Å². The van der Waals surface area contributed by atoms with Crippen molar-refractivity contribution in [3.8, 4) is 5.75 Å². The van der Waals surface area contributed by atoms with Gasteiger partial charge in [-0.2, -0.15) is 0 Å². The molecular formula is C23H19ClN2O3S. The number of hydrogen-bond acceptors (Lipinski definition) is 4. The topological polar surface area (TPSA) is 58.6 Å². The number of halogens is 1. The Morgan fingerprint density at radius 3 is 2.43 bits per heavy atom. The number of carbonyl (C=O) groups is 2. The molecule has 1 unspecified atom stereocenters. The Kier molecular flexibility index (Phi) is 6.26. The Hall–Kier alpha value is -2.96. The van der Waals surface area contributed by atoms with Crippen molar-refractivity contribution in [3.63, 3.8) is 0 Å². The molecule has 1 aliphatic rings. The zero-order chi connectivity index (χ0) is 20.9. The van der Waals surface area contributed by atoms with E-state index in [4.69, 9.17) is 16.3 Å². The van der Waals surface area contributed by atoms with Crippen LogP contribution < -0.4 is 15.0 Å². The molecule has 0 bridgehead atoms. The van der Waals surface area contributed by atoms with E-state index in [9.17, 15) is 9.59 Å². The number of amides is 2. The van der Waals surface area contributed by atoms with Gasteiger partial charge in [-0.25, -0.2) is 0 Å². The summed E-state index contributed by atoms with van der Waals surface area (Å²) in [5, 5.41) is 3.34. The summed E-state index contributed by atoms with van der Waals surface area (Å²) >= 11 is 7.43. The van der Waals surface area contributed by atoms with Crippen molar-refractivity contribution in [1.82, 2.24) is 0 Å². The Morgan fingerprint density at radius 1 is 1.03 bits per heavy atom. The zero-order valence-corrected chi connectivity index (χ0v) is 17.5. The SMILES string of the molecule is O=C(COc1ccc(Cl)cc1)Nc1ccc(C2SCC(=O)N2c2ccccc2)cc1. The van der Waals surface area contributed by atoms with Crippen LogP contribution >= 0.6 is 23.4 Å². The third-order valence-electron chi connectivity index (χ3n) is 4.57. The first-order valence-electron chi connectivity index (χ1n) is 9.37. The van der Waals surface area contributed by atoms with Crippen LogP contribution in [0.25, 0.3) is 0 Å². The first-order valence-corrected chi connectivity index (χ1v) is 10.8. The maximum Gasteiger partial charge on any atom is 0.262 e. The van der Waals surface area contributed by atoms with Crippen LogP contribution in [0.15, 0.2) is 78.9 Å². The molecule has 0 saturated carbocycles. The van der Waals surface area contributed by atoms with Gasteiger partial charge in [0.1, 0.15) is 11.1 Å². The summed E-state index contributed by atoms with van der Waals surface area (Å²) in [6, 6.07) is 24.0. The molecule has 5 nitrogen and oxygen atoms in total. The van der Waals surface area contributed by atoms with Gasteiger partial charge < -0.3 is 10.1 Å². The van der Waals surface area contributed by atoms with Crippen LogP contribution in [0, 0.1) is 0 Å². The standard InChI is InChI=1S/C23H19ClN2O3S/c24-17-8-12-20(13-9-17)29-14-21(27)25-18-10-6-16(7-11-18)23-26(22(28)15-30-23)19-4-2-1-3-5-19/h1-13,23H,14-15H2,(H,25,27). The number of carbonyl (C=O) groups excluding carboxylic acids is 2. The van der Waals surface area contributed by atoms with E-state index in [-0.39, 0.29) is 23.8 Å². The lowest BCUT2D eigenvalue weighted by atomic mass is 10.1. The molecule has 1 N–H and O–H groups in total. The number of hydrogen-bond donors (Lipinski definition) is 1. The Bertz CT molecular complexity index is 1030. The molecule has 3 aromatic rings. The second-order valence-electron chi connectivity index (χ2n) is 6.68. The van der Waals surface area contributed by atoms with Crippen LogP contribution in [0.5, 0.6) is 5.75 Å². The molecule has 0 radical (unpaired) electrons. The van der Waals surface area contributed by atoms with Crippen molar-refractivity contribution in [3.05, 3.63) is 89.4 Å². The lowest BCUT2D eigenvalue weighted by molar-refractivity contribution is -0.118. The molecule has 0 aliphatic carbocycles. The van der Waals surface area contributed by atoms with Gasteiger partial charge in [-0.3, -0.25) is 14.5 Å². The van der Waals surface area contributed by atoms with Crippen molar-refractivity contribution in [2.75, 3.05) is 22.6 Å². The van der Waals surface area contributed by atoms with Crippen LogP contribution in [-0.2, 0) is 9.59 Å². The minimum absolute atomic E-state index is 0.0853. The van der Waals surface area contributed by atoms with E-state index in [2.05, 4.69) is 5.32 Å². The average molecular weight is 439 g/mol. The summed E-state index contributed by atoms with van der Waals surface area (Å²) in [4.78, 5) is 26.4. The number of ether oxygens (including phenoxy) is 1. The van der Waals surface area contributed by atoms with Crippen LogP contribution in [0.2, 0.25) is 5.02 Å². The number of nitrogens with one attached hydrogen (secondary N) is 1. The third-order valence-corrected chi connectivity index (χ3v) is 6.03. The molecule has 7 heteroatoms. The number of anilines is 2. The largest absolute Gasteiger partial charge is 0.484 e. The second kappa shape index (κ2) is 9.24. The predicted molar refractivity (Wildman–Crippen MR) is 121 cm³/mol. The highest BCUT2D eigenvalue weighted by Gasteiger charge is 2.33. The highest BCUT2D eigenvalue weighted by Crippen LogP contribution is 2.41. The number of para-hydroxylation sites is 1. The first kappa shape index (κ1) is 20.3. The molecule has 1 atom stereocenters. The van der Waals surface area contributed by atoms with E-state index >= 15 is 0 Å². The molecule has 30 heavy (non-hydrogen) atoms. The summed E-state index contributed by atoms with van der Waals surface area (Å²) in [7, 11) is 0. The molecule has 3 aromatic carbocycles. The van der Waals surface area contributed by atoms with Gasteiger partial charge in [-0.1, -0.05) is 41.9 Å². The minimum Gasteiger partial charge on any atom is -0.484 e. The van der Waals surface area contributed by atoms with Gasteiger partial charge in [0.25, 0.3) is 5.91 Å². The van der Waals surface area contributed by atoms with Crippen molar-refractivity contribution in [1.29, 1.82) is 0 Å². The normalized spacial score (nSPS) is 15.8. The van der Waals surface area contributed by atoms with Crippen LogP contribution in [-0.4, -0.2) is 24.2 Å². The monoisotopic (exact) mass is 438 g/mol. The van der Waals surface area contributed by atoms with E-state index in [1.54, 1.807) is 36.0 Å². The summed E-state index contributed by atoms with van der Waals surface area (Å²) in [5.74, 6) is 0.857. The fourth-order valence-electron chi connectivity index (χ4n) is 3.15. The maximum atomic E-state index is 12.4. The lowest BCUT2D eigenvalue weighted by Crippen LogP contribution is -2.27. The van der Waals surface area contributed by atoms with Gasteiger partial charge in [-0.15, -0.1) is 11.8 Å². The number of nitrogens with zero attached hydrogens (tertiary/aromatic N) is 1. The summed E-state index contributed by atoms with van der Waals surface area (Å²) in [6.45, 7) is -0.0991. The quantitative estimate of drug-likeness (QED) is 0.579. The van der Waals surface area contributed by atoms with E-state index in [0.29, 0.717) is 22.2 Å². The molecule has 4 rings (SSSR count). The number of thioether (sulfide) groups is 1. The summed E-state index contributed by atoms with van der Waals surface area (Å²) in [5.41, 5.74) is 2.56. The Morgan fingerprint density at radius 2 is 1.73 bits per heavy atom. The molecule has 1 heterocycles. The molecule has 1 fully saturated rings. The molecule has 0 spiro atoms. The van der Waals surface area contributed by atoms with Gasteiger partial charge >= 0.3 is 0 Å². The van der Waals surface area contributed by atoms with E-state index < -0.39 is 0 Å². The molecule has 152 valence electrons. The van der Waals surface area contributed by atoms with Gasteiger partial charge in [0.05, 0.1) is 5.75 Å². The predicted octanol–water partition coefficient (Wildman–Crippen LogP) is 5.14. The fraction of sp³-hybridized carbons (Fsp3) is 0.130. The minimum atomic E-state index is -0.256. The average Bonchev–Trinajstić information content (AvgIpc) is 3.16. The number of benzene rings is 3. The molecule has 2 amide bonds. The molecule has 0 aromatic heterocycles. The highest BCUT2D eigenvalue weighted by atomic mass is 35.5. The lowest BCUT2D eigenvalue weighted by Gasteiger charge is -2.24.